The molecule has 4 rings (SSSR count). The van der Waals surface area contributed by atoms with Crippen molar-refractivity contribution in [1.82, 2.24) is 5.43 Å². The number of carbonyl (C=O) groups excluding carboxylic acids is 1. The van der Waals surface area contributed by atoms with Crippen molar-refractivity contribution in [2.75, 3.05) is 30.7 Å². The number of hydrazone groups is 1. The number of sulfonamides is 1. The molecule has 3 aromatic rings. The largest absolute Gasteiger partial charge is 0.494 e. The number of anilines is 1. The Labute approximate surface area is 204 Å². The Kier molecular flexibility index (Phi) is 7.51. The highest BCUT2D eigenvalue weighted by molar-refractivity contribution is 7.92. The molecule has 0 atom stereocenters. The van der Waals surface area contributed by atoms with Crippen LogP contribution in [0.1, 0.15) is 12.5 Å². The van der Waals surface area contributed by atoms with Gasteiger partial charge in [-0.3, -0.25) is 9.10 Å². The van der Waals surface area contributed by atoms with Crippen molar-refractivity contribution in [2.45, 2.75) is 11.8 Å². The molecule has 1 amide bonds. The molecule has 0 saturated carbocycles. The number of carbonyl (C=O) groups is 1. The highest BCUT2D eigenvalue weighted by Crippen LogP contribution is 2.32. The van der Waals surface area contributed by atoms with E-state index in [2.05, 4.69) is 10.5 Å². The number of benzene rings is 3. The molecule has 1 heterocycles. The lowest BCUT2D eigenvalue weighted by molar-refractivity contribution is -0.119. The summed E-state index contributed by atoms with van der Waals surface area (Å²) < 4.78 is 44.5. The number of rotatable bonds is 9. The Morgan fingerprint density at radius 2 is 1.77 bits per heavy atom. The van der Waals surface area contributed by atoms with Gasteiger partial charge in [0.25, 0.3) is 15.9 Å². The number of fused-ring (bicyclic) bond motifs is 1. The molecule has 0 aromatic heterocycles. The fourth-order valence-corrected chi connectivity index (χ4v) is 4.87. The van der Waals surface area contributed by atoms with Crippen LogP contribution in [0.3, 0.4) is 0 Å². The Morgan fingerprint density at radius 3 is 2.51 bits per heavy atom. The van der Waals surface area contributed by atoms with Crippen LogP contribution in [-0.4, -0.2) is 46.9 Å². The third kappa shape index (κ3) is 5.72. The Hall–Kier alpha value is -4.05. The number of hydrogen-bond acceptors (Lipinski definition) is 7. The lowest BCUT2D eigenvalue weighted by atomic mass is 10.2. The van der Waals surface area contributed by atoms with Crippen LogP contribution >= 0.6 is 0 Å². The van der Waals surface area contributed by atoms with Crippen LogP contribution in [0.5, 0.6) is 17.2 Å². The zero-order valence-electron chi connectivity index (χ0n) is 19.1. The standard InChI is InChI=1S/C25H25N3O6S/c1-2-32-21-11-13-22(14-12-21)35(30,31)28(20-8-4-3-5-9-20)18-24(29)27-26-17-19-7-6-10-23-25(19)34-16-15-33-23/h3-14,17H,2,15-16,18H2,1H3,(H,27,29)/b26-17-. The number of hydrogen-bond donors (Lipinski definition) is 1. The molecular weight excluding hydrogens is 470 g/mol. The Morgan fingerprint density at radius 1 is 1.03 bits per heavy atom. The van der Waals surface area contributed by atoms with Gasteiger partial charge in [-0.15, -0.1) is 0 Å². The van der Waals surface area contributed by atoms with Crippen LogP contribution in [-0.2, 0) is 14.8 Å². The average molecular weight is 496 g/mol. The van der Waals surface area contributed by atoms with Crippen molar-refractivity contribution in [2.24, 2.45) is 5.10 Å². The van der Waals surface area contributed by atoms with E-state index < -0.39 is 22.5 Å². The molecule has 1 aliphatic heterocycles. The van der Waals surface area contributed by atoms with Crippen LogP contribution in [0, 0.1) is 0 Å². The maximum Gasteiger partial charge on any atom is 0.264 e. The SMILES string of the molecule is CCOc1ccc(S(=O)(=O)N(CC(=O)N/N=C\c2cccc3c2OCCO3)c2ccccc2)cc1. The Bertz CT molecular complexity index is 1290. The molecule has 1 N–H and O–H groups in total. The van der Waals surface area contributed by atoms with E-state index in [1.165, 1.54) is 18.3 Å². The summed E-state index contributed by atoms with van der Waals surface area (Å²) in [6.07, 6.45) is 1.43. The first-order chi connectivity index (χ1) is 17.0. The first kappa shape index (κ1) is 24.1. The van der Waals surface area contributed by atoms with Gasteiger partial charge in [0.05, 0.1) is 23.4 Å². The van der Waals surface area contributed by atoms with Gasteiger partial charge in [0.15, 0.2) is 11.5 Å². The summed E-state index contributed by atoms with van der Waals surface area (Å²) in [7, 11) is -4.04. The first-order valence-corrected chi connectivity index (χ1v) is 12.4. The smallest absolute Gasteiger partial charge is 0.264 e. The molecule has 0 radical (unpaired) electrons. The zero-order valence-corrected chi connectivity index (χ0v) is 19.9. The fraction of sp³-hybridized carbons (Fsp3) is 0.200. The van der Waals surface area contributed by atoms with Crippen molar-refractivity contribution in [3.05, 3.63) is 78.4 Å². The highest BCUT2D eigenvalue weighted by Gasteiger charge is 2.27. The van der Waals surface area contributed by atoms with Crippen LogP contribution in [0.25, 0.3) is 0 Å². The molecule has 0 spiro atoms. The second kappa shape index (κ2) is 10.9. The average Bonchev–Trinajstić information content (AvgIpc) is 2.88. The molecule has 35 heavy (non-hydrogen) atoms. The summed E-state index contributed by atoms with van der Waals surface area (Å²) in [6.45, 7) is 2.72. The minimum atomic E-state index is -4.04. The molecule has 0 bridgehead atoms. The van der Waals surface area contributed by atoms with Crippen molar-refractivity contribution < 1.29 is 27.4 Å². The first-order valence-electron chi connectivity index (χ1n) is 11.0. The van der Waals surface area contributed by atoms with Crippen molar-refractivity contribution in [1.29, 1.82) is 0 Å². The normalized spacial score (nSPS) is 12.8. The predicted molar refractivity (Wildman–Crippen MR) is 132 cm³/mol. The summed E-state index contributed by atoms with van der Waals surface area (Å²) in [5, 5.41) is 3.99. The minimum absolute atomic E-state index is 0.0363. The molecule has 0 unspecified atom stereocenters. The fourth-order valence-electron chi connectivity index (χ4n) is 3.45. The van der Waals surface area contributed by atoms with Crippen LogP contribution in [0.15, 0.2) is 82.8 Å². The van der Waals surface area contributed by atoms with E-state index in [1.54, 1.807) is 60.7 Å². The number of para-hydroxylation sites is 2. The summed E-state index contributed by atoms with van der Waals surface area (Å²) in [4.78, 5) is 12.8. The lowest BCUT2D eigenvalue weighted by Crippen LogP contribution is -2.39. The number of ether oxygens (including phenoxy) is 3. The Balaban J connectivity index is 1.52. The molecular formula is C25H25N3O6S. The van der Waals surface area contributed by atoms with E-state index in [0.29, 0.717) is 48.3 Å². The third-order valence-corrected chi connectivity index (χ3v) is 6.83. The lowest BCUT2D eigenvalue weighted by Gasteiger charge is -2.23. The minimum Gasteiger partial charge on any atom is -0.494 e. The number of nitrogens with one attached hydrogen (secondary N) is 1. The number of amides is 1. The van der Waals surface area contributed by atoms with E-state index in [4.69, 9.17) is 14.2 Å². The van der Waals surface area contributed by atoms with Crippen molar-refractivity contribution >= 4 is 27.8 Å². The van der Waals surface area contributed by atoms with Gasteiger partial charge in [0.2, 0.25) is 0 Å². The van der Waals surface area contributed by atoms with Crippen LogP contribution in [0.4, 0.5) is 5.69 Å². The van der Waals surface area contributed by atoms with E-state index >= 15 is 0 Å². The number of nitrogens with zero attached hydrogens (tertiary/aromatic N) is 2. The maximum absolute atomic E-state index is 13.4. The summed E-state index contributed by atoms with van der Waals surface area (Å²) in [6, 6.07) is 19.8. The van der Waals surface area contributed by atoms with Gasteiger partial charge in [0, 0.05) is 5.56 Å². The molecule has 0 aliphatic carbocycles. The van der Waals surface area contributed by atoms with Gasteiger partial charge in [0.1, 0.15) is 25.5 Å². The van der Waals surface area contributed by atoms with E-state index in [1.807, 2.05) is 6.92 Å². The molecule has 1 aliphatic rings. The quantitative estimate of drug-likeness (QED) is 0.361. The molecule has 0 fully saturated rings. The monoisotopic (exact) mass is 495 g/mol. The van der Waals surface area contributed by atoms with Crippen molar-refractivity contribution in [3.63, 3.8) is 0 Å². The summed E-state index contributed by atoms with van der Waals surface area (Å²) in [5.74, 6) is 1.09. The van der Waals surface area contributed by atoms with Crippen LogP contribution in [0.2, 0.25) is 0 Å². The van der Waals surface area contributed by atoms with E-state index in [0.717, 1.165) is 4.31 Å². The van der Waals surface area contributed by atoms with Gasteiger partial charge in [-0.05, 0) is 55.5 Å². The topological polar surface area (TPSA) is 107 Å². The van der Waals surface area contributed by atoms with Gasteiger partial charge >= 0.3 is 0 Å². The zero-order chi connectivity index (χ0) is 24.7. The molecule has 10 heteroatoms. The van der Waals surface area contributed by atoms with E-state index in [-0.39, 0.29) is 4.90 Å². The second-order valence-electron chi connectivity index (χ2n) is 7.42. The predicted octanol–water partition coefficient (Wildman–Crippen LogP) is 3.20. The van der Waals surface area contributed by atoms with Crippen molar-refractivity contribution in [3.8, 4) is 17.2 Å². The van der Waals surface area contributed by atoms with Gasteiger partial charge in [-0.2, -0.15) is 5.10 Å². The molecule has 182 valence electrons. The molecule has 9 nitrogen and oxygen atoms in total. The molecule has 3 aromatic carbocycles. The second-order valence-corrected chi connectivity index (χ2v) is 9.28. The van der Waals surface area contributed by atoms with Gasteiger partial charge < -0.3 is 14.2 Å². The van der Waals surface area contributed by atoms with Gasteiger partial charge in [-0.25, -0.2) is 13.8 Å². The third-order valence-electron chi connectivity index (χ3n) is 5.04. The molecule has 0 saturated heterocycles. The van der Waals surface area contributed by atoms with Crippen LogP contribution < -0.4 is 23.9 Å². The summed E-state index contributed by atoms with van der Waals surface area (Å²) in [5.41, 5.74) is 3.37. The van der Waals surface area contributed by atoms with Gasteiger partial charge in [-0.1, -0.05) is 24.3 Å². The highest BCUT2D eigenvalue weighted by atomic mass is 32.2. The summed E-state index contributed by atoms with van der Waals surface area (Å²) >= 11 is 0. The maximum atomic E-state index is 13.4. The van der Waals surface area contributed by atoms with E-state index in [9.17, 15) is 13.2 Å².